The summed E-state index contributed by atoms with van der Waals surface area (Å²) in [4.78, 5) is 2.47. The van der Waals surface area contributed by atoms with Crippen molar-refractivity contribution >= 4 is 21.4 Å². The van der Waals surface area contributed by atoms with Crippen LogP contribution in [0.1, 0.15) is 18.4 Å². The summed E-state index contributed by atoms with van der Waals surface area (Å²) in [6, 6.07) is 10.9. The molecule has 0 unspecified atom stereocenters. The van der Waals surface area contributed by atoms with E-state index in [-0.39, 0.29) is 4.90 Å². The number of anilines is 2. The third-order valence-corrected chi connectivity index (χ3v) is 6.62. The number of nitrogens with one attached hydrogen (secondary N) is 2. The van der Waals surface area contributed by atoms with Crippen molar-refractivity contribution in [1.82, 2.24) is 5.32 Å². The molecule has 0 radical (unpaired) electrons. The summed E-state index contributed by atoms with van der Waals surface area (Å²) in [7, 11) is -2.14. The lowest BCUT2D eigenvalue weighted by molar-refractivity contribution is 0.307. The molecule has 1 aliphatic carbocycles. The SMILES string of the molecule is COc1ccc(S(=O)(=O)Nc2ccc3c(c2)OCCN3CCNC2CC2)cc1C. The first kappa shape index (κ1) is 19.8. The van der Waals surface area contributed by atoms with Gasteiger partial charge in [0.1, 0.15) is 18.1 Å². The third kappa shape index (κ3) is 4.59. The molecule has 2 aromatic rings. The maximum Gasteiger partial charge on any atom is 0.261 e. The van der Waals surface area contributed by atoms with Crippen molar-refractivity contribution in [1.29, 1.82) is 0 Å². The molecule has 1 aliphatic heterocycles. The zero-order valence-corrected chi connectivity index (χ0v) is 17.6. The molecule has 1 fully saturated rings. The number of benzene rings is 2. The Morgan fingerprint density at radius 1 is 1.21 bits per heavy atom. The van der Waals surface area contributed by atoms with E-state index in [4.69, 9.17) is 9.47 Å². The van der Waals surface area contributed by atoms with Crippen LogP contribution >= 0.6 is 0 Å². The van der Waals surface area contributed by atoms with Crippen molar-refractivity contribution in [2.75, 3.05) is 43.0 Å². The summed E-state index contributed by atoms with van der Waals surface area (Å²) in [6.45, 7) is 5.08. The fourth-order valence-electron chi connectivity index (χ4n) is 3.50. The molecule has 1 heterocycles. The number of fused-ring (bicyclic) bond motifs is 1. The van der Waals surface area contributed by atoms with Crippen molar-refractivity contribution in [3.05, 3.63) is 42.0 Å². The Morgan fingerprint density at radius 2 is 2.03 bits per heavy atom. The molecule has 29 heavy (non-hydrogen) atoms. The van der Waals surface area contributed by atoms with Crippen LogP contribution in [-0.4, -0.2) is 47.8 Å². The smallest absolute Gasteiger partial charge is 0.261 e. The monoisotopic (exact) mass is 417 g/mol. The zero-order valence-electron chi connectivity index (χ0n) is 16.8. The zero-order chi connectivity index (χ0) is 20.4. The van der Waals surface area contributed by atoms with Crippen molar-refractivity contribution in [3.63, 3.8) is 0 Å². The van der Waals surface area contributed by atoms with Crippen LogP contribution < -0.4 is 24.4 Å². The lowest BCUT2D eigenvalue weighted by atomic mass is 10.2. The number of aryl methyl sites for hydroxylation is 1. The summed E-state index contributed by atoms with van der Waals surface area (Å²) >= 11 is 0. The minimum atomic E-state index is -3.70. The standard InChI is InChI=1S/C21H27N3O4S/c1-15-13-18(6-8-20(15)27-2)29(25,26)23-17-5-7-19-21(14-17)28-12-11-24(19)10-9-22-16-3-4-16/h5-8,13-14,16,22-23H,3-4,9-12H2,1-2H3. The van der Waals surface area contributed by atoms with Gasteiger partial charge >= 0.3 is 0 Å². The fraction of sp³-hybridized carbons (Fsp3) is 0.429. The Labute approximate surface area is 172 Å². The summed E-state index contributed by atoms with van der Waals surface area (Å²) in [5, 5.41) is 3.52. The van der Waals surface area contributed by atoms with E-state index in [1.54, 1.807) is 31.4 Å². The highest BCUT2D eigenvalue weighted by molar-refractivity contribution is 7.92. The second-order valence-corrected chi connectivity index (χ2v) is 9.17. The first-order valence-corrected chi connectivity index (χ1v) is 11.4. The molecule has 4 rings (SSSR count). The number of methoxy groups -OCH3 is 1. The number of rotatable bonds is 8. The Morgan fingerprint density at radius 3 is 2.76 bits per heavy atom. The van der Waals surface area contributed by atoms with Crippen LogP contribution in [0.5, 0.6) is 11.5 Å². The number of hydrogen-bond donors (Lipinski definition) is 2. The van der Waals surface area contributed by atoms with Gasteiger partial charge in [-0.25, -0.2) is 8.42 Å². The number of hydrogen-bond acceptors (Lipinski definition) is 6. The van der Waals surface area contributed by atoms with Crippen LogP contribution in [0.15, 0.2) is 41.3 Å². The van der Waals surface area contributed by atoms with Gasteiger partial charge in [0.05, 0.1) is 29.9 Å². The molecule has 156 valence electrons. The normalized spacial score (nSPS) is 16.1. The molecule has 0 atom stereocenters. The van der Waals surface area contributed by atoms with Crippen LogP contribution in [0, 0.1) is 6.92 Å². The summed E-state index contributed by atoms with van der Waals surface area (Å²) < 4.78 is 39.2. The van der Waals surface area contributed by atoms with E-state index in [1.165, 1.54) is 18.9 Å². The molecular formula is C21H27N3O4S. The van der Waals surface area contributed by atoms with Gasteiger partial charge in [0.15, 0.2) is 0 Å². The van der Waals surface area contributed by atoms with Gasteiger partial charge < -0.3 is 19.7 Å². The lowest BCUT2D eigenvalue weighted by Gasteiger charge is -2.31. The quantitative estimate of drug-likeness (QED) is 0.688. The van der Waals surface area contributed by atoms with Gasteiger partial charge in [-0.3, -0.25) is 4.72 Å². The molecule has 2 aromatic carbocycles. The largest absolute Gasteiger partial charge is 0.496 e. The van der Waals surface area contributed by atoms with E-state index < -0.39 is 10.0 Å². The molecule has 2 aliphatic rings. The highest BCUT2D eigenvalue weighted by Gasteiger charge is 2.23. The number of nitrogens with zero attached hydrogens (tertiary/aromatic N) is 1. The number of sulfonamides is 1. The topological polar surface area (TPSA) is 79.9 Å². The van der Waals surface area contributed by atoms with Crippen molar-refractivity contribution in [3.8, 4) is 11.5 Å². The van der Waals surface area contributed by atoms with Gasteiger partial charge in [0, 0.05) is 25.2 Å². The molecule has 8 heteroatoms. The van der Waals surface area contributed by atoms with Crippen molar-refractivity contribution in [2.24, 2.45) is 0 Å². The first-order valence-electron chi connectivity index (χ1n) is 9.89. The van der Waals surface area contributed by atoms with Crippen LogP contribution in [0.25, 0.3) is 0 Å². The summed E-state index contributed by atoms with van der Waals surface area (Å²) in [6.07, 6.45) is 2.55. The van der Waals surface area contributed by atoms with E-state index in [0.29, 0.717) is 29.8 Å². The Hall–Kier alpha value is -2.45. The molecular weight excluding hydrogens is 390 g/mol. The second kappa shape index (κ2) is 8.12. The van der Waals surface area contributed by atoms with Crippen molar-refractivity contribution in [2.45, 2.75) is 30.7 Å². The second-order valence-electron chi connectivity index (χ2n) is 7.48. The average Bonchev–Trinajstić information content (AvgIpc) is 3.52. The molecule has 1 saturated carbocycles. The molecule has 0 amide bonds. The lowest BCUT2D eigenvalue weighted by Crippen LogP contribution is -2.38. The molecule has 0 aromatic heterocycles. The average molecular weight is 418 g/mol. The predicted molar refractivity (Wildman–Crippen MR) is 114 cm³/mol. The van der Waals surface area contributed by atoms with Gasteiger partial charge in [-0.05, 0) is 55.7 Å². The summed E-state index contributed by atoms with van der Waals surface area (Å²) in [5.74, 6) is 1.36. The predicted octanol–water partition coefficient (Wildman–Crippen LogP) is 2.76. The van der Waals surface area contributed by atoms with Crippen LogP contribution in [0.4, 0.5) is 11.4 Å². The van der Waals surface area contributed by atoms with Crippen LogP contribution in [0.3, 0.4) is 0 Å². The third-order valence-electron chi connectivity index (χ3n) is 5.24. The van der Waals surface area contributed by atoms with Crippen molar-refractivity contribution < 1.29 is 17.9 Å². The first-order chi connectivity index (χ1) is 14.0. The maximum absolute atomic E-state index is 12.8. The Kier molecular flexibility index (Phi) is 5.56. The molecule has 0 bridgehead atoms. The highest BCUT2D eigenvalue weighted by atomic mass is 32.2. The highest BCUT2D eigenvalue weighted by Crippen LogP contribution is 2.35. The Bertz CT molecular complexity index is 989. The number of ether oxygens (including phenoxy) is 2. The van der Waals surface area contributed by atoms with E-state index in [0.717, 1.165) is 30.9 Å². The molecule has 7 nitrogen and oxygen atoms in total. The van der Waals surface area contributed by atoms with Crippen LogP contribution in [0.2, 0.25) is 0 Å². The Balaban J connectivity index is 1.48. The minimum absolute atomic E-state index is 0.196. The van der Waals surface area contributed by atoms with Gasteiger partial charge in [-0.15, -0.1) is 0 Å². The molecule has 0 saturated heterocycles. The van der Waals surface area contributed by atoms with E-state index >= 15 is 0 Å². The van der Waals surface area contributed by atoms with E-state index in [2.05, 4.69) is 14.9 Å². The van der Waals surface area contributed by atoms with Crippen LogP contribution in [-0.2, 0) is 10.0 Å². The van der Waals surface area contributed by atoms with Gasteiger partial charge in [-0.2, -0.15) is 0 Å². The molecule has 0 spiro atoms. The van der Waals surface area contributed by atoms with E-state index in [9.17, 15) is 8.42 Å². The van der Waals surface area contributed by atoms with Gasteiger partial charge in [-0.1, -0.05) is 0 Å². The maximum atomic E-state index is 12.8. The van der Waals surface area contributed by atoms with Gasteiger partial charge in [0.25, 0.3) is 10.0 Å². The van der Waals surface area contributed by atoms with E-state index in [1.807, 2.05) is 13.0 Å². The summed E-state index contributed by atoms with van der Waals surface area (Å²) in [5.41, 5.74) is 2.24. The van der Waals surface area contributed by atoms with Gasteiger partial charge in [0.2, 0.25) is 0 Å². The minimum Gasteiger partial charge on any atom is -0.496 e. The fourth-order valence-corrected chi connectivity index (χ4v) is 4.63. The molecule has 2 N–H and O–H groups in total.